The Bertz CT molecular complexity index is 738. The Morgan fingerprint density at radius 2 is 2.10 bits per heavy atom. The SMILES string of the molecule is Cc1c(CO)cccc1S(=O)(=O)N(C)Cc1nccn1C. The molecule has 0 fully saturated rings. The number of rotatable bonds is 5. The molecule has 0 aliphatic heterocycles. The van der Waals surface area contributed by atoms with Crippen LogP contribution in [0.1, 0.15) is 17.0 Å². The maximum atomic E-state index is 12.7. The first kappa shape index (κ1) is 15.7. The van der Waals surface area contributed by atoms with Crippen LogP contribution in [0.15, 0.2) is 35.5 Å². The number of imidazole rings is 1. The van der Waals surface area contributed by atoms with E-state index in [4.69, 9.17) is 0 Å². The van der Waals surface area contributed by atoms with Crippen molar-refractivity contribution in [2.75, 3.05) is 7.05 Å². The smallest absolute Gasteiger partial charge is 0.243 e. The highest BCUT2D eigenvalue weighted by atomic mass is 32.2. The van der Waals surface area contributed by atoms with Gasteiger partial charge in [-0.25, -0.2) is 13.4 Å². The highest BCUT2D eigenvalue weighted by Gasteiger charge is 2.24. The quantitative estimate of drug-likeness (QED) is 0.895. The normalized spacial score (nSPS) is 12.0. The number of aryl methyl sites for hydroxylation is 1. The molecule has 0 bridgehead atoms. The molecule has 21 heavy (non-hydrogen) atoms. The molecule has 0 saturated carbocycles. The second-order valence-corrected chi connectivity index (χ2v) is 6.93. The largest absolute Gasteiger partial charge is 0.392 e. The van der Waals surface area contributed by atoms with Gasteiger partial charge in [-0.05, 0) is 24.1 Å². The van der Waals surface area contributed by atoms with E-state index in [9.17, 15) is 13.5 Å². The summed E-state index contributed by atoms with van der Waals surface area (Å²) in [7, 11) is -0.283. The fourth-order valence-electron chi connectivity index (χ4n) is 2.11. The predicted octanol–water partition coefficient (Wildman–Crippen LogP) is 1.04. The van der Waals surface area contributed by atoms with Crippen LogP contribution in [0, 0.1) is 6.92 Å². The molecule has 0 spiro atoms. The highest BCUT2D eigenvalue weighted by molar-refractivity contribution is 7.89. The molecule has 0 atom stereocenters. The maximum Gasteiger partial charge on any atom is 0.243 e. The summed E-state index contributed by atoms with van der Waals surface area (Å²) in [6.07, 6.45) is 3.40. The van der Waals surface area contributed by atoms with Gasteiger partial charge in [0.05, 0.1) is 18.0 Å². The molecule has 2 rings (SSSR count). The fraction of sp³-hybridized carbons (Fsp3) is 0.357. The number of aromatic nitrogens is 2. The molecule has 1 N–H and O–H groups in total. The lowest BCUT2D eigenvalue weighted by atomic mass is 10.1. The zero-order chi connectivity index (χ0) is 15.6. The average molecular weight is 309 g/mol. The molecular weight excluding hydrogens is 290 g/mol. The van der Waals surface area contributed by atoms with Crippen molar-refractivity contribution in [3.8, 4) is 0 Å². The number of benzene rings is 1. The first-order chi connectivity index (χ1) is 9.87. The second-order valence-electron chi connectivity index (χ2n) is 4.91. The van der Waals surface area contributed by atoms with Crippen molar-refractivity contribution in [2.45, 2.75) is 25.0 Å². The Morgan fingerprint density at radius 3 is 2.67 bits per heavy atom. The molecule has 0 unspecified atom stereocenters. The molecule has 0 amide bonds. The van der Waals surface area contributed by atoms with Crippen molar-refractivity contribution in [1.29, 1.82) is 0 Å². The van der Waals surface area contributed by atoms with E-state index in [1.165, 1.54) is 11.4 Å². The summed E-state index contributed by atoms with van der Waals surface area (Å²) < 4.78 is 28.4. The van der Waals surface area contributed by atoms with Gasteiger partial charge in [0.2, 0.25) is 10.0 Å². The molecular formula is C14H19N3O3S. The summed E-state index contributed by atoms with van der Waals surface area (Å²) in [5.41, 5.74) is 1.19. The van der Waals surface area contributed by atoms with Crippen molar-refractivity contribution < 1.29 is 13.5 Å². The average Bonchev–Trinajstić information content (AvgIpc) is 2.84. The Morgan fingerprint density at radius 1 is 1.38 bits per heavy atom. The minimum atomic E-state index is -3.63. The third-order valence-corrected chi connectivity index (χ3v) is 5.49. The van der Waals surface area contributed by atoms with Crippen molar-refractivity contribution in [3.05, 3.63) is 47.5 Å². The summed E-state index contributed by atoms with van der Waals surface area (Å²) in [5.74, 6) is 0.664. The molecule has 0 radical (unpaired) electrons. The molecule has 1 aromatic carbocycles. The van der Waals surface area contributed by atoms with Crippen molar-refractivity contribution in [2.24, 2.45) is 7.05 Å². The van der Waals surface area contributed by atoms with E-state index < -0.39 is 10.0 Å². The number of aliphatic hydroxyl groups excluding tert-OH is 1. The molecule has 1 heterocycles. The van der Waals surface area contributed by atoms with Crippen LogP contribution in [0.4, 0.5) is 0 Å². The van der Waals surface area contributed by atoms with E-state index in [-0.39, 0.29) is 18.0 Å². The Labute approximate surface area is 124 Å². The summed E-state index contributed by atoms with van der Waals surface area (Å²) >= 11 is 0. The van der Waals surface area contributed by atoms with Gasteiger partial charge in [0, 0.05) is 26.5 Å². The van der Waals surface area contributed by atoms with Gasteiger partial charge in [-0.3, -0.25) is 0 Å². The van der Waals surface area contributed by atoms with Crippen LogP contribution in [0.25, 0.3) is 0 Å². The van der Waals surface area contributed by atoms with E-state index in [0.29, 0.717) is 17.0 Å². The van der Waals surface area contributed by atoms with E-state index in [1.807, 2.05) is 7.05 Å². The van der Waals surface area contributed by atoms with Gasteiger partial charge < -0.3 is 9.67 Å². The predicted molar refractivity (Wildman–Crippen MR) is 79.0 cm³/mol. The van der Waals surface area contributed by atoms with Crippen molar-refractivity contribution in [1.82, 2.24) is 13.9 Å². The number of hydrogen-bond donors (Lipinski definition) is 1. The fourth-order valence-corrected chi connectivity index (χ4v) is 3.50. The summed E-state index contributed by atoms with van der Waals surface area (Å²) in [6.45, 7) is 1.71. The van der Waals surface area contributed by atoms with E-state index in [0.717, 1.165) is 0 Å². The number of sulfonamides is 1. The third kappa shape index (κ3) is 2.99. The van der Waals surface area contributed by atoms with Gasteiger partial charge in [-0.1, -0.05) is 12.1 Å². The Hall–Kier alpha value is -1.70. The lowest BCUT2D eigenvalue weighted by molar-refractivity contribution is 0.280. The molecule has 0 aliphatic rings. The zero-order valence-electron chi connectivity index (χ0n) is 12.3. The van der Waals surface area contributed by atoms with E-state index >= 15 is 0 Å². The van der Waals surface area contributed by atoms with E-state index in [2.05, 4.69) is 4.98 Å². The second kappa shape index (κ2) is 5.97. The van der Waals surface area contributed by atoms with Crippen molar-refractivity contribution >= 4 is 10.0 Å². The molecule has 0 aliphatic carbocycles. The summed E-state index contributed by atoms with van der Waals surface area (Å²) in [5, 5.41) is 9.27. The van der Waals surface area contributed by atoms with Gasteiger partial charge in [-0.15, -0.1) is 0 Å². The Balaban J connectivity index is 2.36. The zero-order valence-corrected chi connectivity index (χ0v) is 13.1. The van der Waals surface area contributed by atoms with Crippen LogP contribution in [-0.4, -0.2) is 34.4 Å². The lowest BCUT2D eigenvalue weighted by Crippen LogP contribution is -2.28. The molecule has 1 aromatic heterocycles. The topological polar surface area (TPSA) is 75.4 Å². The standard InChI is InChI=1S/C14H19N3O3S/c1-11-12(10-18)5-4-6-13(11)21(19,20)17(3)9-14-15-7-8-16(14)2/h4-8,18H,9-10H2,1-3H3. The summed E-state index contributed by atoms with van der Waals surface area (Å²) in [4.78, 5) is 4.35. The third-order valence-electron chi connectivity index (χ3n) is 3.54. The first-order valence-corrected chi connectivity index (χ1v) is 7.94. The maximum absolute atomic E-state index is 12.7. The number of aliphatic hydroxyl groups is 1. The lowest BCUT2D eigenvalue weighted by Gasteiger charge is -2.19. The van der Waals surface area contributed by atoms with Crippen LogP contribution in [0.3, 0.4) is 0 Å². The first-order valence-electron chi connectivity index (χ1n) is 6.49. The van der Waals surface area contributed by atoms with Gasteiger partial charge in [-0.2, -0.15) is 4.31 Å². The minimum Gasteiger partial charge on any atom is -0.392 e. The number of nitrogens with zero attached hydrogens (tertiary/aromatic N) is 3. The van der Waals surface area contributed by atoms with Gasteiger partial charge in [0.25, 0.3) is 0 Å². The van der Waals surface area contributed by atoms with Crippen molar-refractivity contribution in [3.63, 3.8) is 0 Å². The van der Waals surface area contributed by atoms with Crippen LogP contribution >= 0.6 is 0 Å². The molecule has 0 saturated heterocycles. The molecule has 114 valence electrons. The van der Waals surface area contributed by atoms with Gasteiger partial charge >= 0.3 is 0 Å². The summed E-state index contributed by atoms with van der Waals surface area (Å²) in [6, 6.07) is 4.91. The van der Waals surface area contributed by atoms with Crippen LogP contribution < -0.4 is 0 Å². The van der Waals surface area contributed by atoms with Crippen LogP contribution in [0.5, 0.6) is 0 Å². The van der Waals surface area contributed by atoms with Gasteiger partial charge in [0.1, 0.15) is 5.82 Å². The van der Waals surface area contributed by atoms with Crippen LogP contribution in [-0.2, 0) is 30.2 Å². The molecule has 6 nitrogen and oxygen atoms in total. The Kier molecular flexibility index (Phi) is 4.46. The monoisotopic (exact) mass is 309 g/mol. The minimum absolute atomic E-state index is 0.182. The molecule has 7 heteroatoms. The van der Waals surface area contributed by atoms with Gasteiger partial charge in [0.15, 0.2) is 0 Å². The highest BCUT2D eigenvalue weighted by Crippen LogP contribution is 2.22. The van der Waals surface area contributed by atoms with Crippen LogP contribution in [0.2, 0.25) is 0 Å². The van der Waals surface area contributed by atoms with E-state index in [1.54, 1.807) is 42.1 Å². The molecule has 2 aromatic rings. The number of hydrogen-bond acceptors (Lipinski definition) is 4.